The fraction of sp³-hybridized carbons (Fsp3) is 0.545. The molecule has 6 nitrogen and oxygen atoms in total. The molecule has 1 unspecified atom stereocenters. The van der Waals surface area contributed by atoms with Crippen LogP contribution in [0.1, 0.15) is 92.1 Å². The Hall–Kier alpha value is -2.70. The van der Waals surface area contributed by atoms with Crippen LogP contribution in [0.2, 0.25) is 5.02 Å². The average Bonchev–Trinajstić information content (AvgIpc) is 3.30. The van der Waals surface area contributed by atoms with Gasteiger partial charge in [-0.2, -0.15) is 5.10 Å². The van der Waals surface area contributed by atoms with Gasteiger partial charge in [0.25, 0.3) is 0 Å². The molecule has 1 fully saturated rings. The van der Waals surface area contributed by atoms with Gasteiger partial charge in [0.1, 0.15) is 5.78 Å². The van der Waals surface area contributed by atoms with Crippen molar-refractivity contribution in [1.82, 2.24) is 14.8 Å². The number of carbonyl (C=O) groups excluding carboxylic acids is 1. The van der Waals surface area contributed by atoms with E-state index in [1.54, 1.807) is 11.6 Å². The lowest BCUT2D eigenvalue weighted by molar-refractivity contribution is -0.117. The van der Waals surface area contributed by atoms with Gasteiger partial charge >= 0.3 is 0 Å². The quantitative estimate of drug-likeness (QED) is 0.259. The van der Waals surface area contributed by atoms with Crippen LogP contribution in [0.15, 0.2) is 36.4 Å². The van der Waals surface area contributed by atoms with Crippen LogP contribution in [0.3, 0.4) is 0 Å². The van der Waals surface area contributed by atoms with Crippen LogP contribution < -0.4 is 4.74 Å². The van der Waals surface area contributed by atoms with Crippen LogP contribution in [0.5, 0.6) is 5.88 Å². The van der Waals surface area contributed by atoms with E-state index in [9.17, 15) is 4.79 Å². The number of rotatable bonds is 11. The van der Waals surface area contributed by atoms with E-state index in [1.807, 2.05) is 19.2 Å². The van der Waals surface area contributed by atoms with Crippen molar-refractivity contribution in [3.63, 3.8) is 0 Å². The first-order valence-corrected chi connectivity index (χ1v) is 15.2. The monoisotopic (exact) mass is 563 g/mol. The summed E-state index contributed by atoms with van der Waals surface area (Å²) in [7, 11) is 1.91. The number of ether oxygens (including phenoxy) is 2. The molecular formula is C33H42ClN3O3. The summed E-state index contributed by atoms with van der Waals surface area (Å²) < 4.78 is 13.6. The van der Waals surface area contributed by atoms with E-state index < -0.39 is 0 Å². The van der Waals surface area contributed by atoms with Crippen molar-refractivity contribution in [1.29, 1.82) is 0 Å². The Kier molecular flexibility index (Phi) is 9.27. The highest BCUT2D eigenvalue weighted by molar-refractivity contribution is 6.30. The van der Waals surface area contributed by atoms with E-state index in [1.165, 1.54) is 29.7 Å². The highest BCUT2D eigenvalue weighted by Gasteiger charge is 2.33. The van der Waals surface area contributed by atoms with Gasteiger partial charge < -0.3 is 14.3 Å². The smallest absolute Gasteiger partial charge is 0.211 e. The summed E-state index contributed by atoms with van der Waals surface area (Å²) >= 11 is 6.69. The zero-order valence-corrected chi connectivity index (χ0v) is 24.9. The maximum atomic E-state index is 12.3. The van der Waals surface area contributed by atoms with Gasteiger partial charge in [0, 0.05) is 55.6 Å². The van der Waals surface area contributed by atoms with Crippen molar-refractivity contribution < 1.29 is 14.3 Å². The van der Waals surface area contributed by atoms with Gasteiger partial charge in [-0.05, 0) is 105 Å². The molecule has 0 bridgehead atoms. The number of nitrogens with zero attached hydrogens (tertiary/aromatic N) is 3. The van der Waals surface area contributed by atoms with Gasteiger partial charge in [-0.1, -0.05) is 30.7 Å². The second-order valence-electron chi connectivity index (χ2n) is 11.6. The standard InChI is InChI=1S/C33H42ClN3O3/c1-4-33(12-15-39-16-13-33)27-18-26(19-28(34)21-27)25(17-23(2)38)20-30-22-32(37(3)36-30)40-14-11-29-10-9-24-7-5-6-8-31(24)35-29/h9-10,18-19,21-22,25H,4-8,11-17,20H2,1-3H3. The maximum absolute atomic E-state index is 12.3. The summed E-state index contributed by atoms with van der Waals surface area (Å²) in [6.07, 6.45) is 9.58. The van der Waals surface area contributed by atoms with E-state index in [0.29, 0.717) is 19.4 Å². The minimum absolute atomic E-state index is 0.00820. The van der Waals surface area contributed by atoms with E-state index in [2.05, 4.69) is 31.2 Å². The number of Topliss-reactive ketones (excluding diaryl/α,β-unsaturated/α-hetero) is 1. The van der Waals surface area contributed by atoms with Crippen molar-refractivity contribution in [3.8, 4) is 5.88 Å². The summed E-state index contributed by atoms with van der Waals surface area (Å²) in [5.41, 5.74) is 7.08. The third kappa shape index (κ3) is 6.77. The number of hydrogen-bond acceptors (Lipinski definition) is 5. The lowest BCUT2D eigenvalue weighted by Crippen LogP contribution is -2.33. The van der Waals surface area contributed by atoms with Crippen molar-refractivity contribution in [2.75, 3.05) is 19.8 Å². The summed E-state index contributed by atoms with van der Waals surface area (Å²) in [6.45, 7) is 5.99. The molecule has 1 aliphatic carbocycles. The fourth-order valence-electron chi connectivity index (χ4n) is 6.44. The third-order valence-corrected chi connectivity index (χ3v) is 9.07. The van der Waals surface area contributed by atoms with Gasteiger partial charge in [-0.3, -0.25) is 4.98 Å². The molecular weight excluding hydrogens is 522 g/mol. The molecule has 40 heavy (non-hydrogen) atoms. The Bertz CT molecular complexity index is 1330. The lowest BCUT2D eigenvalue weighted by atomic mass is 9.71. The lowest BCUT2D eigenvalue weighted by Gasteiger charge is -2.37. The minimum atomic E-state index is -0.00820. The largest absolute Gasteiger partial charge is 0.477 e. The molecule has 0 amide bonds. The van der Waals surface area contributed by atoms with Crippen LogP contribution in [-0.4, -0.2) is 40.4 Å². The van der Waals surface area contributed by atoms with Crippen molar-refractivity contribution >= 4 is 17.4 Å². The van der Waals surface area contributed by atoms with Crippen molar-refractivity contribution in [2.45, 2.75) is 89.4 Å². The Balaban J connectivity index is 1.29. The normalized spacial score (nSPS) is 17.3. The number of fused-ring (bicyclic) bond motifs is 1. The molecule has 1 saturated heterocycles. The Morgan fingerprint density at radius 2 is 1.93 bits per heavy atom. The summed E-state index contributed by atoms with van der Waals surface area (Å²) in [4.78, 5) is 17.2. The molecule has 214 valence electrons. The molecule has 1 aromatic carbocycles. The molecule has 1 atom stereocenters. The first kappa shape index (κ1) is 28.8. The SMILES string of the molecule is CCC1(c2cc(Cl)cc(C(CC(C)=O)Cc3cc(OCCc4ccc5c(n4)CCCC5)n(C)n3)c2)CCOCC1. The number of hydrogen-bond donors (Lipinski definition) is 0. The first-order valence-electron chi connectivity index (χ1n) is 14.9. The highest BCUT2D eigenvalue weighted by atomic mass is 35.5. The van der Waals surface area contributed by atoms with Crippen molar-refractivity contribution in [3.05, 3.63) is 75.2 Å². The Labute approximate surface area is 243 Å². The molecule has 2 aliphatic rings. The number of aromatic nitrogens is 3. The first-order chi connectivity index (χ1) is 19.3. The molecule has 3 heterocycles. The molecule has 0 saturated carbocycles. The van der Waals surface area contributed by atoms with E-state index >= 15 is 0 Å². The number of pyridine rings is 1. The topological polar surface area (TPSA) is 66.2 Å². The fourth-order valence-corrected chi connectivity index (χ4v) is 6.68. The third-order valence-electron chi connectivity index (χ3n) is 8.85. The van der Waals surface area contributed by atoms with Crippen LogP contribution in [0.25, 0.3) is 0 Å². The second kappa shape index (κ2) is 12.9. The Morgan fingerprint density at radius 1 is 1.12 bits per heavy atom. The zero-order chi connectivity index (χ0) is 28.1. The second-order valence-corrected chi connectivity index (χ2v) is 12.1. The molecule has 0 radical (unpaired) electrons. The molecule has 1 aliphatic heterocycles. The van der Waals surface area contributed by atoms with E-state index in [4.69, 9.17) is 31.2 Å². The highest BCUT2D eigenvalue weighted by Crippen LogP contribution is 2.41. The summed E-state index contributed by atoms with van der Waals surface area (Å²) in [6, 6.07) is 12.8. The van der Waals surface area contributed by atoms with Crippen LogP contribution in [0, 0.1) is 0 Å². The maximum Gasteiger partial charge on any atom is 0.211 e. The zero-order valence-electron chi connectivity index (χ0n) is 24.2. The number of benzene rings is 1. The van der Waals surface area contributed by atoms with Crippen molar-refractivity contribution in [2.24, 2.45) is 7.05 Å². The molecule has 0 N–H and O–H groups in total. The molecule has 0 spiro atoms. The minimum Gasteiger partial charge on any atom is -0.477 e. The predicted octanol–water partition coefficient (Wildman–Crippen LogP) is 6.73. The molecule has 2 aromatic heterocycles. The van der Waals surface area contributed by atoms with Gasteiger partial charge in [0.15, 0.2) is 0 Å². The van der Waals surface area contributed by atoms with Crippen LogP contribution in [0.4, 0.5) is 0 Å². The summed E-state index contributed by atoms with van der Waals surface area (Å²) in [5.74, 6) is 0.882. The molecule has 7 heteroatoms. The van der Waals surface area contributed by atoms with Gasteiger partial charge in [-0.25, -0.2) is 4.68 Å². The van der Waals surface area contributed by atoms with Gasteiger partial charge in [0.05, 0.1) is 12.3 Å². The van der Waals surface area contributed by atoms with Gasteiger partial charge in [-0.15, -0.1) is 0 Å². The number of ketones is 1. The van der Waals surface area contributed by atoms with Crippen LogP contribution >= 0.6 is 11.6 Å². The summed E-state index contributed by atoms with van der Waals surface area (Å²) in [5, 5.41) is 5.47. The molecule has 3 aromatic rings. The number of aryl methyl sites for hydroxylation is 3. The van der Waals surface area contributed by atoms with Crippen LogP contribution in [-0.2, 0) is 47.7 Å². The van der Waals surface area contributed by atoms with Gasteiger partial charge in [0.2, 0.25) is 5.88 Å². The van der Waals surface area contributed by atoms with E-state index in [0.717, 1.165) is 79.6 Å². The number of carbonyl (C=O) groups is 1. The number of halogens is 1. The van der Waals surface area contributed by atoms with E-state index in [-0.39, 0.29) is 17.1 Å². The Morgan fingerprint density at radius 3 is 2.70 bits per heavy atom. The average molecular weight is 564 g/mol. The predicted molar refractivity (Wildman–Crippen MR) is 159 cm³/mol. The molecule has 5 rings (SSSR count).